The number of hydrogen-bond acceptors (Lipinski definition) is 5. The molecule has 0 fully saturated rings. The molecule has 4 rings (SSSR count). The summed E-state index contributed by atoms with van der Waals surface area (Å²) in [6.45, 7) is 0. The summed E-state index contributed by atoms with van der Waals surface area (Å²) >= 11 is 0. The molecule has 4 aromatic rings. The number of nitrogens with one attached hydrogen (secondary N) is 3. The van der Waals surface area contributed by atoms with Gasteiger partial charge in [0.15, 0.2) is 0 Å². The van der Waals surface area contributed by atoms with Crippen molar-refractivity contribution in [3.63, 3.8) is 0 Å². The Morgan fingerprint density at radius 2 is 1.84 bits per heavy atom. The number of ether oxygens (including phenoxy) is 1. The molecule has 0 radical (unpaired) electrons. The number of fused-ring (bicyclic) bond motifs is 1. The van der Waals surface area contributed by atoms with Crippen LogP contribution in [0, 0.1) is 11.6 Å². The van der Waals surface area contributed by atoms with E-state index >= 15 is 0 Å². The summed E-state index contributed by atoms with van der Waals surface area (Å²) in [4.78, 5) is 31.1. The molecular weight excluding hydrogens is 406 g/mol. The monoisotopic (exact) mass is 422 g/mol. The minimum Gasteiger partial charge on any atom is -0.497 e. The summed E-state index contributed by atoms with van der Waals surface area (Å²) < 4.78 is 33.7. The van der Waals surface area contributed by atoms with Crippen molar-refractivity contribution in [3.05, 3.63) is 88.2 Å². The van der Waals surface area contributed by atoms with Gasteiger partial charge in [-0.15, -0.1) is 0 Å². The van der Waals surface area contributed by atoms with E-state index in [-0.39, 0.29) is 28.2 Å². The van der Waals surface area contributed by atoms with Crippen LogP contribution in [0.4, 0.5) is 14.7 Å². The lowest BCUT2D eigenvalue weighted by Gasteiger charge is -2.10. The maximum atomic E-state index is 14.6. The molecule has 1 amide bonds. The molecule has 9 heteroatoms. The number of hydrogen-bond donors (Lipinski definition) is 3. The maximum Gasteiger partial charge on any atom is 0.272 e. The number of hydrazine groups is 1. The summed E-state index contributed by atoms with van der Waals surface area (Å²) in [5.41, 5.74) is 4.95. The molecular formula is C22H16F2N4O3. The van der Waals surface area contributed by atoms with E-state index in [1.54, 1.807) is 30.3 Å². The molecule has 0 aliphatic rings. The van der Waals surface area contributed by atoms with E-state index in [4.69, 9.17) is 4.74 Å². The molecule has 156 valence electrons. The highest BCUT2D eigenvalue weighted by molar-refractivity contribution is 5.95. The van der Waals surface area contributed by atoms with E-state index < -0.39 is 17.5 Å². The van der Waals surface area contributed by atoms with Gasteiger partial charge in [0, 0.05) is 11.6 Å². The Balaban J connectivity index is 1.52. The van der Waals surface area contributed by atoms with Crippen LogP contribution in [0.1, 0.15) is 10.4 Å². The van der Waals surface area contributed by atoms with Gasteiger partial charge in [-0.2, -0.15) is 0 Å². The average Bonchev–Trinajstić information content (AvgIpc) is 2.77. The second-order valence-electron chi connectivity index (χ2n) is 6.55. The Kier molecular flexibility index (Phi) is 5.31. The highest BCUT2D eigenvalue weighted by Crippen LogP contribution is 2.27. The number of rotatable bonds is 5. The van der Waals surface area contributed by atoms with Crippen LogP contribution in [-0.4, -0.2) is 23.0 Å². The number of H-pyrrole nitrogens is 1. The average molecular weight is 422 g/mol. The minimum absolute atomic E-state index is 0.00520. The number of halogens is 2. The van der Waals surface area contributed by atoms with Crippen LogP contribution >= 0.6 is 0 Å². The Hall–Kier alpha value is -4.27. The van der Waals surface area contributed by atoms with Crippen LogP contribution in [0.3, 0.4) is 0 Å². The first-order valence-corrected chi connectivity index (χ1v) is 9.15. The number of para-hydroxylation sites is 1. The minimum atomic E-state index is -0.841. The van der Waals surface area contributed by atoms with Gasteiger partial charge in [-0.25, -0.2) is 13.8 Å². The number of nitrogens with zero attached hydrogens (tertiary/aromatic N) is 1. The third kappa shape index (κ3) is 4.06. The van der Waals surface area contributed by atoms with E-state index in [0.717, 1.165) is 6.07 Å². The number of carbonyl (C=O) groups is 1. The van der Waals surface area contributed by atoms with Gasteiger partial charge < -0.3 is 4.74 Å². The normalized spacial score (nSPS) is 10.7. The van der Waals surface area contributed by atoms with Crippen molar-refractivity contribution < 1.29 is 18.3 Å². The lowest BCUT2D eigenvalue weighted by Crippen LogP contribution is -2.32. The van der Waals surface area contributed by atoms with Crippen LogP contribution < -0.4 is 21.1 Å². The smallest absolute Gasteiger partial charge is 0.272 e. The number of aromatic nitrogens is 2. The van der Waals surface area contributed by atoms with Crippen molar-refractivity contribution in [1.29, 1.82) is 0 Å². The van der Waals surface area contributed by atoms with Crippen LogP contribution in [-0.2, 0) is 0 Å². The summed E-state index contributed by atoms with van der Waals surface area (Å²) in [5.74, 6) is -1.88. The molecule has 0 spiro atoms. The Bertz CT molecular complexity index is 1350. The van der Waals surface area contributed by atoms with Gasteiger partial charge in [-0.3, -0.25) is 25.4 Å². The lowest BCUT2D eigenvalue weighted by molar-refractivity contribution is 0.0958. The van der Waals surface area contributed by atoms with E-state index in [1.165, 1.54) is 31.4 Å². The molecule has 3 aromatic carbocycles. The van der Waals surface area contributed by atoms with Gasteiger partial charge >= 0.3 is 0 Å². The first kappa shape index (κ1) is 20.0. The summed E-state index contributed by atoms with van der Waals surface area (Å²) in [5, 5.41) is 0.395. The van der Waals surface area contributed by atoms with E-state index in [2.05, 4.69) is 20.8 Å². The predicted molar refractivity (Wildman–Crippen MR) is 112 cm³/mol. The lowest BCUT2D eigenvalue weighted by atomic mass is 10.0. The van der Waals surface area contributed by atoms with Crippen molar-refractivity contribution in [2.45, 2.75) is 0 Å². The number of benzene rings is 3. The van der Waals surface area contributed by atoms with E-state index in [9.17, 15) is 18.4 Å². The molecule has 0 saturated carbocycles. The van der Waals surface area contributed by atoms with Crippen LogP contribution in [0.25, 0.3) is 22.0 Å². The van der Waals surface area contributed by atoms with Gasteiger partial charge in [0.1, 0.15) is 17.4 Å². The molecule has 31 heavy (non-hydrogen) atoms. The fourth-order valence-corrected chi connectivity index (χ4v) is 3.05. The van der Waals surface area contributed by atoms with Crippen LogP contribution in [0.15, 0.2) is 65.5 Å². The number of aromatic amines is 1. The molecule has 1 aromatic heterocycles. The van der Waals surface area contributed by atoms with Gasteiger partial charge in [0.2, 0.25) is 5.95 Å². The highest BCUT2D eigenvalue weighted by Gasteiger charge is 2.15. The summed E-state index contributed by atoms with van der Waals surface area (Å²) in [7, 11) is 1.42. The van der Waals surface area contributed by atoms with Gasteiger partial charge in [0.25, 0.3) is 11.5 Å². The summed E-state index contributed by atoms with van der Waals surface area (Å²) in [6, 6.07) is 14.6. The molecule has 0 aliphatic heterocycles. The number of anilines is 1. The van der Waals surface area contributed by atoms with Crippen LogP contribution in [0.5, 0.6) is 5.75 Å². The number of methoxy groups -OCH3 is 1. The van der Waals surface area contributed by atoms with Crippen molar-refractivity contribution >= 4 is 22.8 Å². The molecule has 0 bridgehead atoms. The quantitative estimate of drug-likeness (QED) is 0.427. The third-order valence-electron chi connectivity index (χ3n) is 4.61. The zero-order chi connectivity index (χ0) is 22.0. The number of carbonyl (C=O) groups excluding carboxylic acids is 1. The molecule has 0 atom stereocenters. The first-order valence-electron chi connectivity index (χ1n) is 9.15. The zero-order valence-electron chi connectivity index (χ0n) is 16.2. The molecule has 0 aliphatic carbocycles. The van der Waals surface area contributed by atoms with Crippen molar-refractivity contribution in [1.82, 2.24) is 15.4 Å². The fourth-order valence-electron chi connectivity index (χ4n) is 3.05. The largest absolute Gasteiger partial charge is 0.497 e. The van der Waals surface area contributed by atoms with Gasteiger partial charge in [0.05, 0.1) is 23.6 Å². The molecule has 1 heterocycles. The van der Waals surface area contributed by atoms with Crippen molar-refractivity contribution in [2.75, 3.05) is 12.5 Å². The molecule has 3 N–H and O–H groups in total. The predicted octanol–water partition coefficient (Wildman–Crippen LogP) is 3.63. The van der Waals surface area contributed by atoms with Crippen molar-refractivity contribution in [3.8, 4) is 16.9 Å². The Labute approximate surface area is 174 Å². The second kappa shape index (κ2) is 8.23. The zero-order valence-corrected chi connectivity index (χ0v) is 16.2. The third-order valence-corrected chi connectivity index (χ3v) is 4.61. The van der Waals surface area contributed by atoms with E-state index in [1.807, 2.05) is 0 Å². The number of amides is 1. The summed E-state index contributed by atoms with van der Waals surface area (Å²) in [6.07, 6.45) is 0. The topological polar surface area (TPSA) is 96.1 Å². The molecule has 0 saturated heterocycles. The maximum absolute atomic E-state index is 14.6. The molecule has 0 unspecified atom stereocenters. The van der Waals surface area contributed by atoms with Gasteiger partial charge in [-0.05, 0) is 42.0 Å². The van der Waals surface area contributed by atoms with Crippen molar-refractivity contribution in [2.24, 2.45) is 0 Å². The Morgan fingerprint density at radius 3 is 2.58 bits per heavy atom. The second-order valence-corrected chi connectivity index (χ2v) is 6.55. The molecule has 7 nitrogen and oxygen atoms in total. The Morgan fingerprint density at radius 1 is 1.03 bits per heavy atom. The fraction of sp³-hybridized carbons (Fsp3) is 0.0455. The highest BCUT2D eigenvalue weighted by atomic mass is 19.1. The standard InChI is InChI=1S/C22H16F2N4O3/c1-31-13-7-9-14(18(24)11-13)12-6-8-15(17(23)10-12)21(30)27-28-22-25-19-5-3-2-4-16(19)20(29)26-22/h2-11H,1H3,(H,27,30)(H2,25,26,28,29). The van der Waals surface area contributed by atoms with Gasteiger partial charge in [-0.1, -0.05) is 18.2 Å². The SMILES string of the molecule is COc1ccc(-c2ccc(C(=O)NNc3nc4ccccc4c(=O)[nH]3)c(F)c2)c(F)c1. The van der Waals surface area contributed by atoms with E-state index in [0.29, 0.717) is 16.7 Å². The first-order chi connectivity index (χ1) is 15.0. The van der Waals surface area contributed by atoms with Crippen LogP contribution in [0.2, 0.25) is 0 Å².